The maximum absolute atomic E-state index is 11.3. The zero-order chi connectivity index (χ0) is 10.3. The van der Waals surface area contributed by atoms with Gasteiger partial charge in [0.1, 0.15) is 5.54 Å². The first-order valence-corrected chi connectivity index (χ1v) is 5.15. The summed E-state index contributed by atoms with van der Waals surface area (Å²) in [7, 11) is 1.73. The Hall–Kier alpha value is -0.370. The quantitative estimate of drug-likeness (QED) is 0.546. The summed E-state index contributed by atoms with van der Waals surface area (Å²) >= 11 is -1.39. The predicted octanol–water partition coefficient (Wildman–Crippen LogP) is 0.945. The van der Waals surface area contributed by atoms with Crippen LogP contribution in [0.4, 0.5) is 0 Å². The molecular formula is C9H15NO2S. The molecule has 0 aromatic heterocycles. The van der Waals surface area contributed by atoms with Crippen LogP contribution < -0.4 is 0 Å². The number of likely N-dealkylation sites (N-methyl/N-ethyl adjacent to an activating group) is 1. The normalized spacial score (nSPS) is 36.1. The lowest BCUT2D eigenvalue weighted by Crippen LogP contribution is -2.52. The summed E-state index contributed by atoms with van der Waals surface area (Å²) in [6.45, 7) is 6.40. The molecule has 3 nitrogen and oxygen atoms in total. The zero-order valence-electron chi connectivity index (χ0n) is 8.46. The number of hydrogen-bond donors (Lipinski definition) is 0. The molecule has 4 heteroatoms. The summed E-state index contributed by atoms with van der Waals surface area (Å²) < 4.78 is 18.0. The summed E-state index contributed by atoms with van der Waals surface area (Å²) in [5.41, 5.74) is -0.708. The fourth-order valence-electron chi connectivity index (χ4n) is 1.47. The number of rotatable bonds is 0. The van der Waals surface area contributed by atoms with E-state index in [1.165, 1.54) is 0 Å². The highest BCUT2D eigenvalue weighted by Crippen LogP contribution is 2.39. The van der Waals surface area contributed by atoms with Gasteiger partial charge in [-0.2, -0.15) is 4.31 Å². The van der Waals surface area contributed by atoms with Crippen LogP contribution in [-0.4, -0.2) is 27.7 Å². The molecule has 1 fully saturated rings. The monoisotopic (exact) mass is 201 g/mol. The van der Waals surface area contributed by atoms with E-state index in [9.17, 15) is 4.21 Å². The van der Waals surface area contributed by atoms with E-state index in [1.807, 2.05) is 20.8 Å². The minimum absolute atomic E-state index is 0.150. The van der Waals surface area contributed by atoms with E-state index >= 15 is 0 Å². The van der Waals surface area contributed by atoms with Crippen molar-refractivity contribution in [1.29, 1.82) is 0 Å². The van der Waals surface area contributed by atoms with Gasteiger partial charge in [-0.05, 0) is 5.41 Å². The van der Waals surface area contributed by atoms with Gasteiger partial charge in [0, 0.05) is 7.05 Å². The number of nitrogens with zero attached hydrogens (tertiary/aromatic N) is 1. The van der Waals surface area contributed by atoms with Crippen molar-refractivity contribution in [3.63, 3.8) is 0 Å². The van der Waals surface area contributed by atoms with Crippen molar-refractivity contribution in [3.8, 4) is 12.3 Å². The Morgan fingerprint density at radius 3 is 2.31 bits per heavy atom. The van der Waals surface area contributed by atoms with Crippen LogP contribution in [0, 0.1) is 17.8 Å². The Morgan fingerprint density at radius 2 is 2.15 bits per heavy atom. The van der Waals surface area contributed by atoms with Gasteiger partial charge in [0.2, 0.25) is 11.3 Å². The molecule has 1 rings (SSSR count). The molecule has 0 radical (unpaired) electrons. The molecule has 0 aromatic rings. The molecule has 1 heterocycles. The molecule has 0 aromatic carbocycles. The second kappa shape index (κ2) is 3.09. The molecule has 1 aliphatic rings. The van der Waals surface area contributed by atoms with Crippen molar-refractivity contribution in [3.05, 3.63) is 0 Å². The van der Waals surface area contributed by atoms with Gasteiger partial charge in [0.15, 0.2) is 0 Å². The van der Waals surface area contributed by atoms with Gasteiger partial charge in [-0.3, -0.25) is 4.18 Å². The lowest BCUT2D eigenvalue weighted by atomic mass is 9.74. The first-order valence-electron chi connectivity index (χ1n) is 4.12. The van der Waals surface area contributed by atoms with Crippen LogP contribution in [0.2, 0.25) is 0 Å². The van der Waals surface area contributed by atoms with Crippen LogP contribution in [-0.2, 0) is 15.4 Å². The molecule has 74 valence electrons. The molecule has 0 saturated carbocycles. The fraction of sp³-hybridized carbons (Fsp3) is 0.778. The molecular weight excluding hydrogens is 186 g/mol. The predicted molar refractivity (Wildman–Crippen MR) is 52.9 cm³/mol. The molecule has 0 aliphatic carbocycles. The SMILES string of the molecule is C#CC1(C(C)(C)C)COS(=O)N1C. The highest BCUT2D eigenvalue weighted by molar-refractivity contribution is 7.78. The lowest BCUT2D eigenvalue weighted by molar-refractivity contribution is 0.125. The van der Waals surface area contributed by atoms with Crippen molar-refractivity contribution in [1.82, 2.24) is 4.31 Å². The Morgan fingerprint density at radius 1 is 1.62 bits per heavy atom. The topological polar surface area (TPSA) is 29.5 Å². The number of hydrogen-bond acceptors (Lipinski definition) is 2. The number of terminal acetylenes is 1. The third kappa shape index (κ3) is 1.41. The molecule has 1 aliphatic heterocycles. The second-order valence-corrected chi connectivity index (χ2v) is 5.45. The second-order valence-electron chi connectivity index (χ2n) is 4.23. The zero-order valence-corrected chi connectivity index (χ0v) is 9.27. The Labute approximate surface area is 82.2 Å². The molecule has 0 amide bonds. The van der Waals surface area contributed by atoms with Gasteiger partial charge in [-0.15, -0.1) is 6.42 Å². The fourth-order valence-corrected chi connectivity index (χ4v) is 2.53. The minimum Gasteiger partial charge on any atom is -0.275 e. The third-order valence-corrected chi connectivity index (χ3v) is 3.69. The van der Waals surface area contributed by atoms with Crippen LogP contribution in [0.15, 0.2) is 0 Å². The first kappa shape index (κ1) is 10.7. The van der Waals surface area contributed by atoms with E-state index in [1.54, 1.807) is 11.4 Å². The van der Waals surface area contributed by atoms with Crippen LogP contribution in [0.25, 0.3) is 0 Å². The molecule has 1 saturated heterocycles. The molecule has 0 N–H and O–H groups in total. The highest BCUT2D eigenvalue weighted by atomic mass is 32.2. The van der Waals surface area contributed by atoms with Crippen LogP contribution in [0.5, 0.6) is 0 Å². The molecule has 2 unspecified atom stereocenters. The molecule has 0 spiro atoms. The average Bonchev–Trinajstić information content (AvgIpc) is 2.29. The summed E-state index contributed by atoms with van der Waals surface area (Å²) in [6.07, 6.45) is 5.50. The van der Waals surface area contributed by atoms with Gasteiger partial charge in [0.05, 0.1) is 6.61 Å². The van der Waals surface area contributed by atoms with Crippen molar-refractivity contribution in [2.45, 2.75) is 26.3 Å². The van der Waals surface area contributed by atoms with Crippen molar-refractivity contribution in [2.75, 3.05) is 13.7 Å². The van der Waals surface area contributed by atoms with E-state index in [-0.39, 0.29) is 5.41 Å². The van der Waals surface area contributed by atoms with Crippen LogP contribution >= 0.6 is 0 Å². The van der Waals surface area contributed by atoms with Gasteiger partial charge < -0.3 is 0 Å². The summed E-state index contributed by atoms with van der Waals surface area (Å²) in [5.74, 6) is 2.71. The molecule has 2 atom stereocenters. The Bertz CT molecular complexity index is 276. The van der Waals surface area contributed by atoms with E-state index < -0.39 is 16.8 Å². The Kier molecular flexibility index (Phi) is 2.54. The largest absolute Gasteiger partial charge is 0.275 e. The van der Waals surface area contributed by atoms with Gasteiger partial charge in [0.25, 0.3) is 0 Å². The third-order valence-electron chi connectivity index (χ3n) is 2.61. The van der Waals surface area contributed by atoms with Crippen LogP contribution in [0.3, 0.4) is 0 Å². The summed E-state index contributed by atoms with van der Waals surface area (Å²) in [4.78, 5) is 0. The van der Waals surface area contributed by atoms with Crippen molar-refractivity contribution in [2.24, 2.45) is 5.41 Å². The van der Waals surface area contributed by atoms with Crippen LogP contribution in [0.1, 0.15) is 20.8 Å². The van der Waals surface area contributed by atoms with E-state index in [0.29, 0.717) is 6.61 Å². The van der Waals surface area contributed by atoms with E-state index in [4.69, 9.17) is 10.6 Å². The Balaban J connectivity index is 3.11. The van der Waals surface area contributed by atoms with Crippen molar-refractivity contribution >= 4 is 11.3 Å². The maximum Gasteiger partial charge on any atom is 0.238 e. The minimum atomic E-state index is -1.39. The first-order chi connectivity index (χ1) is 5.85. The standard InChI is InChI=1S/C9H15NO2S/c1-6-9(8(2,3)4)7-12-13(11)10(9)5/h1H,7H2,2-5H3. The van der Waals surface area contributed by atoms with Gasteiger partial charge in [-0.1, -0.05) is 26.7 Å². The maximum atomic E-state index is 11.3. The molecule has 13 heavy (non-hydrogen) atoms. The summed E-state index contributed by atoms with van der Waals surface area (Å²) in [5, 5.41) is 0. The highest BCUT2D eigenvalue weighted by Gasteiger charge is 2.51. The lowest BCUT2D eigenvalue weighted by Gasteiger charge is -2.39. The molecule has 0 bridgehead atoms. The van der Waals surface area contributed by atoms with Gasteiger partial charge in [-0.25, -0.2) is 4.21 Å². The average molecular weight is 201 g/mol. The summed E-state index contributed by atoms with van der Waals surface area (Å²) in [6, 6.07) is 0. The van der Waals surface area contributed by atoms with Gasteiger partial charge >= 0.3 is 0 Å². The van der Waals surface area contributed by atoms with E-state index in [0.717, 1.165) is 0 Å². The smallest absolute Gasteiger partial charge is 0.238 e. The van der Waals surface area contributed by atoms with E-state index in [2.05, 4.69) is 5.92 Å². The van der Waals surface area contributed by atoms with Crippen molar-refractivity contribution < 1.29 is 8.39 Å².